The molecule has 0 saturated carbocycles. The fraction of sp³-hybridized carbons (Fsp3) is 0. The minimum absolute atomic E-state index is 1.09. The lowest BCUT2D eigenvalue weighted by atomic mass is 10.1. The number of benzene rings is 2. The smallest absolute Gasteiger partial charge is 0.0810 e. The van der Waals surface area contributed by atoms with E-state index in [1.165, 1.54) is 21.0 Å². The number of aromatic nitrogens is 1. The van der Waals surface area contributed by atoms with Gasteiger partial charge in [0.2, 0.25) is 0 Å². The predicted molar refractivity (Wildman–Crippen MR) is 73.7 cm³/mol. The third-order valence-corrected chi connectivity index (χ3v) is 4.09. The van der Waals surface area contributed by atoms with Gasteiger partial charge < -0.3 is 0 Å². The molecule has 80 valence electrons. The summed E-state index contributed by atoms with van der Waals surface area (Å²) in [5.41, 5.74) is 3.48. The number of nitrogens with zero attached hydrogens (tertiary/aromatic N) is 1. The van der Waals surface area contributed by atoms with Crippen molar-refractivity contribution in [1.29, 1.82) is 0 Å². The average molecular weight is 235 g/mol. The van der Waals surface area contributed by atoms with Crippen molar-refractivity contribution >= 4 is 32.3 Å². The van der Waals surface area contributed by atoms with Crippen LogP contribution in [0.4, 0.5) is 0 Å². The Morgan fingerprint density at radius 3 is 2.53 bits per heavy atom. The summed E-state index contributed by atoms with van der Waals surface area (Å²) < 4.78 is 1.29. The van der Waals surface area contributed by atoms with Crippen LogP contribution in [0, 0.1) is 0 Å². The molecule has 0 aromatic heterocycles. The third kappa shape index (κ3) is 1.22. The second kappa shape index (κ2) is 3.28. The topological polar surface area (TPSA) is 12.9 Å². The Bertz CT molecular complexity index is 800. The molecule has 0 radical (unpaired) electrons. The van der Waals surface area contributed by atoms with Crippen molar-refractivity contribution < 1.29 is 0 Å². The maximum Gasteiger partial charge on any atom is 0.0810 e. The van der Waals surface area contributed by atoms with Crippen molar-refractivity contribution in [3.63, 3.8) is 0 Å². The van der Waals surface area contributed by atoms with Gasteiger partial charge in [-0.2, -0.15) is 0 Å². The van der Waals surface area contributed by atoms with Gasteiger partial charge >= 0.3 is 0 Å². The van der Waals surface area contributed by atoms with Gasteiger partial charge in [0.15, 0.2) is 0 Å². The van der Waals surface area contributed by atoms with E-state index >= 15 is 0 Å². The monoisotopic (exact) mass is 235 g/mol. The molecule has 1 nitrogen and oxygen atoms in total. The van der Waals surface area contributed by atoms with E-state index in [1.807, 2.05) is 6.07 Å². The van der Waals surface area contributed by atoms with Crippen LogP contribution >= 0.6 is 11.3 Å². The highest BCUT2D eigenvalue weighted by molar-refractivity contribution is 7.17. The van der Waals surface area contributed by atoms with Crippen LogP contribution in [0.15, 0.2) is 53.9 Å². The van der Waals surface area contributed by atoms with Gasteiger partial charge in [-0.1, -0.05) is 36.4 Å². The van der Waals surface area contributed by atoms with E-state index in [0.29, 0.717) is 0 Å². The fourth-order valence-electron chi connectivity index (χ4n) is 2.32. The van der Waals surface area contributed by atoms with Gasteiger partial charge in [0.05, 0.1) is 11.2 Å². The van der Waals surface area contributed by atoms with E-state index in [9.17, 15) is 0 Å². The van der Waals surface area contributed by atoms with Gasteiger partial charge in [0.1, 0.15) is 0 Å². The molecule has 2 aromatic carbocycles. The maximum absolute atomic E-state index is 4.75. The van der Waals surface area contributed by atoms with Crippen molar-refractivity contribution in [3.8, 4) is 11.3 Å². The molecule has 2 heteroatoms. The second-order valence-corrected chi connectivity index (χ2v) is 5.03. The minimum atomic E-state index is 1.09. The Morgan fingerprint density at radius 2 is 1.59 bits per heavy atom. The molecule has 2 aliphatic heterocycles. The highest BCUT2D eigenvalue weighted by atomic mass is 32.1. The summed E-state index contributed by atoms with van der Waals surface area (Å²) >= 11 is 1.79. The lowest BCUT2D eigenvalue weighted by molar-refractivity contribution is 1.49. The Balaban J connectivity index is 2.28. The SMILES string of the molecule is c1ccc2c3csc4ccccc4c-3nc2c1. The highest BCUT2D eigenvalue weighted by Gasteiger charge is 2.14. The number of para-hydroxylation sites is 1. The molecule has 17 heavy (non-hydrogen) atoms. The minimum Gasteiger partial charge on any atom is -0.247 e. The molecule has 0 N–H and O–H groups in total. The fourth-order valence-corrected chi connectivity index (χ4v) is 3.25. The van der Waals surface area contributed by atoms with Crippen molar-refractivity contribution in [2.45, 2.75) is 0 Å². The first-order valence-corrected chi connectivity index (χ1v) is 6.46. The van der Waals surface area contributed by atoms with Crippen LogP contribution in [0.1, 0.15) is 0 Å². The Morgan fingerprint density at radius 1 is 0.824 bits per heavy atom. The molecule has 0 saturated heterocycles. The molecule has 0 spiro atoms. The quantitative estimate of drug-likeness (QED) is 0.435. The van der Waals surface area contributed by atoms with E-state index in [2.05, 4.69) is 47.8 Å². The molecule has 0 bridgehead atoms. The van der Waals surface area contributed by atoms with Crippen LogP contribution in [0.2, 0.25) is 0 Å². The van der Waals surface area contributed by atoms with Gasteiger partial charge in [-0.15, -0.1) is 11.3 Å². The number of rotatable bonds is 0. The molecule has 0 amide bonds. The van der Waals surface area contributed by atoms with Crippen LogP contribution < -0.4 is 0 Å². The third-order valence-electron chi connectivity index (χ3n) is 3.13. The summed E-state index contributed by atoms with van der Waals surface area (Å²) in [6.07, 6.45) is 0. The van der Waals surface area contributed by atoms with Crippen LogP contribution in [0.3, 0.4) is 0 Å². The average Bonchev–Trinajstić information content (AvgIpc) is 2.78. The Labute approximate surface area is 103 Å². The van der Waals surface area contributed by atoms with Crippen LogP contribution in [-0.4, -0.2) is 4.98 Å². The summed E-state index contributed by atoms with van der Waals surface area (Å²) in [6, 6.07) is 16.8. The Kier molecular flexibility index (Phi) is 1.76. The first-order chi connectivity index (χ1) is 8.43. The van der Waals surface area contributed by atoms with Gasteiger partial charge in [0.25, 0.3) is 0 Å². The zero-order valence-corrected chi connectivity index (χ0v) is 9.87. The molecular weight excluding hydrogens is 226 g/mol. The molecule has 0 unspecified atom stereocenters. The summed E-state index contributed by atoms with van der Waals surface area (Å²) in [5, 5.41) is 4.73. The van der Waals surface area contributed by atoms with Gasteiger partial charge in [-0.3, -0.25) is 0 Å². The van der Waals surface area contributed by atoms with Gasteiger partial charge in [-0.25, -0.2) is 4.98 Å². The second-order valence-electron chi connectivity index (χ2n) is 4.12. The lowest BCUT2D eigenvalue weighted by Gasteiger charge is -2.02. The van der Waals surface area contributed by atoms with Crippen LogP contribution in [0.25, 0.3) is 32.2 Å². The van der Waals surface area contributed by atoms with E-state index in [4.69, 9.17) is 4.98 Å². The summed E-state index contributed by atoms with van der Waals surface area (Å²) in [6.45, 7) is 0. The zero-order valence-electron chi connectivity index (χ0n) is 9.05. The van der Waals surface area contributed by atoms with E-state index in [0.717, 1.165) is 11.2 Å². The normalized spacial score (nSPS) is 11.5. The van der Waals surface area contributed by atoms with E-state index in [1.54, 1.807) is 11.3 Å². The van der Waals surface area contributed by atoms with Gasteiger partial charge in [-0.05, 0) is 12.1 Å². The van der Waals surface area contributed by atoms with Crippen LogP contribution in [-0.2, 0) is 0 Å². The molecule has 0 aliphatic carbocycles. The van der Waals surface area contributed by atoms with E-state index in [-0.39, 0.29) is 0 Å². The molecule has 2 heterocycles. The number of fused-ring (bicyclic) bond motifs is 5. The zero-order chi connectivity index (χ0) is 11.2. The summed E-state index contributed by atoms with van der Waals surface area (Å²) in [4.78, 5) is 4.75. The van der Waals surface area contributed by atoms with Gasteiger partial charge in [0, 0.05) is 26.4 Å². The maximum atomic E-state index is 4.75. The lowest BCUT2D eigenvalue weighted by Crippen LogP contribution is -1.78. The number of hydrogen-bond acceptors (Lipinski definition) is 2. The molecule has 0 fully saturated rings. The standard InChI is InChI=1S/C15H9NS/c1-3-7-13-10(5-1)12-9-17-14-8-4-2-6-11(14)15(12)16-13/h1-9H. The van der Waals surface area contributed by atoms with Crippen LogP contribution in [0.5, 0.6) is 0 Å². The van der Waals surface area contributed by atoms with Crippen molar-refractivity contribution in [3.05, 3.63) is 53.9 Å². The predicted octanol–water partition coefficient (Wildman–Crippen LogP) is 4.55. The Hall–Kier alpha value is -1.93. The molecule has 4 rings (SSSR count). The highest BCUT2D eigenvalue weighted by Crippen LogP contribution is 2.38. The largest absolute Gasteiger partial charge is 0.247 e. The molecule has 0 atom stereocenters. The van der Waals surface area contributed by atoms with Crippen molar-refractivity contribution in [2.24, 2.45) is 0 Å². The van der Waals surface area contributed by atoms with Crippen molar-refractivity contribution in [2.75, 3.05) is 0 Å². The molecular formula is C15H9NS. The van der Waals surface area contributed by atoms with E-state index < -0.39 is 0 Å². The first-order valence-electron chi connectivity index (χ1n) is 5.58. The number of hydrogen-bond donors (Lipinski definition) is 0. The summed E-state index contributed by atoms with van der Waals surface area (Å²) in [7, 11) is 0. The molecule has 2 aromatic rings. The van der Waals surface area contributed by atoms with Crippen molar-refractivity contribution in [1.82, 2.24) is 4.98 Å². The molecule has 2 aliphatic rings. The summed E-state index contributed by atoms with van der Waals surface area (Å²) in [5.74, 6) is 0. The first kappa shape index (κ1) is 9.14.